The van der Waals surface area contributed by atoms with Crippen molar-refractivity contribution in [2.45, 2.75) is 6.54 Å². The minimum absolute atomic E-state index is 0.0615. The maximum atomic E-state index is 11.7. The number of tetrazole rings is 1. The van der Waals surface area contributed by atoms with E-state index in [9.17, 15) is 4.79 Å². The Morgan fingerprint density at radius 2 is 2.44 bits per heavy atom. The van der Waals surface area contributed by atoms with E-state index in [4.69, 9.17) is 0 Å². The first kappa shape index (κ1) is 10.2. The molecule has 16 heavy (non-hydrogen) atoms. The van der Waals surface area contributed by atoms with Crippen molar-refractivity contribution in [1.82, 2.24) is 30.5 Å². The van der Waals surface area contributed by atoms with E-state index in [1.807, 2.05) is 12.1 Å². The van der Waals surface area contributed by atoms with Crippen molar-refractivity contribution in [3.05, 3.63) is 35.9 Å². The van der Waals surface area contributed by atoms with Gasteiger partial charge in [-0.2, -0.15) is 5.21 Å². The number of hydrogen-bond acceptors (Lipinski definition) is 5. The van der Waals surface area contributed by atoms with Crippen LogP contribution in [0.4, 0.5) is 0 Å². The summed E-state index contributed by atoms with van der Waals surface area (Å²) in [6, 6.07) is 3.72. The normalized spacial score (nSPS) is 10.1. The molecule has 0 aliphatic heterocycles. The van der Waals surface area contributed by atoms with Crippen molar-refractivity contribution in [2.75, 3.05) is 7.05 Å². The van der Waals surface area contributed by atoms with Crippen LogP contribution in [0, 0.1) is 0 Å². The average molecular weight is 218 g/mol. The first-order valence-electron chi connectivity index (χ1n) is 4.65. The topological polar surface area (TPSA) is 87.7 Å². The van der Waals surface area contributed by atoms with Gasteiger partial charge in [0.2, 0.25) is 0 Å². The van der Waals surface area contributed by atoms with Crippen molar-refractivity contribution in [1.29, 1.82) is 0 Å². The van der Waals surface area contributed by atoms with Gasteiger partial charge in [0.1, 0.15) is 0 Å². The Morgan fingerprint density at radius 1 is 1.56 bits per heavy atom. The van der Waals surface area contributed by atoms with Crippen LogP contribution in [-0.4, -0.2) is 43.5 Å². The molecule has 0 bridgehead atoms. The minimum Gasteiger partial charge on any atom is -0.334 e. The smallest absolute Gasteiger partial charge is 0.295 e. The molecule has 1 amide bonds. The number of pyridine rings is 1. The highest BCUT2D eigenvalue weighted by molar-refractivity contribution is 5.89. The zero-order valence-corrected chi connectivity index (χ0v) is 8.66. The molecule has 0 saturated heterocycles. The molecule has 1 N–H and O–H groups in total. The van der Waals surface area contributed by atoms with E-state index in [2.05, 4.69) is 25.6 Å². The number of H-pyrrole nitrogens is 1. The van der Waals surface area contributed by atoms with Crippen molar-refractivity contribution in [3.63, 3.8) is 0 Å². The fraction of sp³-hybridized carbons (Fsp3) is 0.222. The van der Waals surface area contributed by atoms with E-state index in [1.54, 1.807) is 19.4 Å². The third-order valence-electron chi connectivity index (χ3n) is 2.03. The van der Waals surface area contributed by atoms with E-state index in [1.165, 1.54) is 4.90 Å². The van der Waals surface area contributed by atoms with Gasteiger partial charge in [-0.1, -0.05) is 6.07 Å². The van der Waals surface area contributed by atoms with Gasteiger partial charge in [0.05, 0.1) is 0 Å². The van der Waals surface area contributed by atoms with Crippen LogP contribution in [0.2, 0.25) is 0 Å². The molecule has 0 fully saturated rings. The second kappa shape index (κ2) is 4.47. The fourth-order valence-electron chi connectivity index (χ4n) is 1.26. The summed E-state index contributed by atoms with van der Waals surface area (Å²) in [5.74, 6) is -0.219. The van der Waals surface area contributed by atoms with Crippen LogP contribution < -0.4 is 0 Å². The quantitative estimate of drug-likeness (QED) is 0.775. The van der Waals surface area contributed by atoms with Gasteiger partial charge in [-0.25, -0.2) is 0 Å². The third-order valence-corrected chi connectivity index (χ3v) is 2.03. The molecule has 2 rings (SSSR count). The fourth-order valence-corrected chi connectivity index (χ4v) is 1.26. The summed E-state index contributed by atoms with van der Waals surface area (Å²) in [7, 11) is 1.67. The number of hydrogen-bond donors (Lipinski definition) is 1. The third kappa shape index (κ3) is 2.19. The van der Waals surface area contributed by atoms with Gasteiger partial charge >= 0.3 is 0 Å². The summed E-state index contributed by atoms with van der Waals surface area (Å²) < 4.78 is 0. The Balaban J connectivity index is 2.04. The lowest BCUT2D eigenvalue weighted by Gasteiger charge is -2.14. The van der Waals surface area contributed by atoms with Crippen LogP contribution in [0.15, 0.2) is 24.5 Å². The van der Waals surface area contributed by atoms with Gasteiger partial charge in [0, 0.05) is 26.0 Å². The Labute approximate surface area is 91.5 Å². The first-order valence-corrected chi connectivity index (χ1v) is 4.65. The Kier molecular flexibility index (Phi) is 2.86. The van der Waals surface area contributed by atoms with E-state index in [0.717, 1.165) is 5.56 Å². The molecule has 0 unspecified atom stereocenters. The summed E-state index contributed by atoms with van der Waals surface area (Å²) in [5, 5.41) is 12.8. The highest BCUT2D eigenvalue weighted by Crippen LogP contribution is 2.03. The molecule has 7 heteroatoms. The van der Waals surface area contributed by atoms with Gasteiger partial charge in [-0.05, 0) is 16.8 Å². The molecule has 2 heterocycles. The molecule has 0 saturated carbocycles. The van der Waals surface area contributed by atoms with Crippen LogP contribution in [0.25, 0.3) is 0 Å². The maximum absolute atomic E-state index is 11.7. The van der Waals surface area contributed by atoms with Gasteiger partial charge in [-0.3, -0.25) is 9.78 Å². The number of carbonyl (C=O) groups excluding carboxylic acids is 1. The first-order chi connectivity index (χ1) is 7.77. The van der Waals surface area contributed by atoms with Crippen LogP contribution >= 0.6 is 0 Å². The van der Waals surface area contributed by atoms with Gasteiger partial charge in [0.15, 0.2) is 0 Å². The summed E-state index contributed by atoms with van der Waals surface area (Å²) in [6.45, 7) is 0.460. The van der Waals surface area contributed by atoms with Crippen molar-refractivity contribution >= 4 is 5.91 Å². The largest absolute Gasteiger partial charge is 0.334 e. The lowest BCUT2D eigenvalue weighted by atomic mass is 10.2. The van der Waals surface area contributed by atoms with Crippen LogP contribution in [0.3, 0.4) is 0 Å². The number of amides is 1. The average Bonchev–Trinajstić information content (AvgIpc) is 2.83. The van der Waals surface area contributed by atoms with Crippen LogP contribution in [-0.2, 0) is 6.54 Å². The van der Waals surface area contributed by atoms with E-state index < -0.39 is 0 Å². The molecule has 0 spiro atoms. The second-order valence-corrected chi connectivity index (χ2v) is 3.26. The molecule has 7 nitrogen and oxygen atoms in total. The number of aromatic amines is 1. The molecule has 2 aromatic rings. The molecular weight excluding hydrogens is 208 g/mol. The Bertz CT molecular complexity index is 454. The number of carbonyl (C=O) groups is 1. The van der Waals surface area contributed by atoms with Crippen molar-refractivity contribution in [3.8, 4) is 0 Å². The highest BCUT2D eigenvalue weighted by atomic mass is 16.2. The molecular formula is C9H10N6O. The molecule has 82 valence electrons. The Hall–Kier alpha value is -2.31. The van der Waals surface area contributed by atoms with Gasteiger partial charge in [-0.15, -0.1) is 10.2 Å². The molecule has 0 atom stereocenters. The number of aromatic nitrogens is 5. The van der Waals surface area contributed by atoms with Crippen LogP contribution in [0.5, 0.6) is 0 Å². The molecule has 0 aliphatic carbocycles. The van der Waals surface area contributed by atoms with Crippen LogP contribution in [0.1, 0.15) is 16.2 Å². The molecule has 2 aromatic heterocycles. The predicted octanol–water partition coefficient (Wildman–Crippen LogP) is -0.133. The van der Waals surface area contributed by atoms with Gasteiger partial charge < -0.3 is 4.90 Å². The molecule has 0 aromatic carbocycles. The van der Waals surface area contributed by atoms with E-state index in [-0.39, 0.29) is 11.7 Å². The summed E-state index contributed by atoms with van der Waals surface area (Å²) in [4.78, 5) is 17.2. The van der Waals surface area contributed by atoms with E-state index >= 15 is 0 Å². The molecule has 0 aliphatic rings. The highest BCUT2D eigenvalue weighted by Gasteiger charge is 2.16. The van der Waals surface area contributed by atoms with E-state index in [0.29, 0.717) is 6.54 Å². The number of nitrogens with zero attached hydrogens (tertiary/aromatic N) is 5. The van der Waals surface area contributed by atoms with Crippen molar-refractivity contribution in [2.24, 2.45) is 0 Å². The molecule has 0 radical (unpaired) electrons. The zero-order valence-electron chi connectivity index (χ0n) is 8.66. The standard InChI is InChI=1S/C9H10N6O/c1-15(6-7-3-2-4-10-5-7)9(16)8-11-13-14-12-8/h2-5H,6H2,1H3,(H,11,12,13,14). The van der Waals surface area contributed by atoms with Crippen molar-refractivity contribution < 1.29 is 4.79 Å². The minimum atomic E-state index is -0.280. The summed E-state index contributed by atoms with van der Waals surface area (Å²) in [5.41, 5.74) is 0.946. The number of nitrogens with one attached hydrogen (secondary N) is 1. The Morgan fingerprint density at radius 3 is 3.06 bits per heavy atom. The SMILES string of the molecule is CN(Cc1cccnc1)C(=O)c1nn[nH]n1. The summed E-state index contributed by atoms with van der Waals surface area (Å²) >= 11 is 0. The number of rotatable bonds is 3. The monoisotopic (exact) mass is 218 g/mol. The lowest BCUT2D eigenvalue weighted by Crippen LogP contribution is -2.27. The maximum Gasteiger partial charge on any atom is 0.295 e. The lowest BCUT2D eigenvalue weighted by molar-refractivity contribution is 0.0773. The summed E-state index contributed by atoms with van der Waals surface area (Å²) in [6.07, 6.45) is 3.39. The second-order valence-electron chi connectivity index (χ2n) is 3.26. The predicted molar refractivity (Wildman–Crippen MR) is 54.2 cm³/mol. The zero-order chi connectivity index (χ0) is 11.4. The van der Waals surface area contributed by atoms with Gasteiger partial charge in [0.25, 0.3) is 11.7 Å².